The molecule has 1 amide bonds. The minimum atomic E-state index is 0.0701. The van der Waals surface area contributed by atoms with Crippen molar-refractivity contribution >= 4 is 22.6 Å². The van der Waals surface area contributed by atoms with Crippen LogP contribution in [0.4, 0.5) is 5.69 Å². The van der Waals surface area contributed by atoms with Crippen LogP contribution >= 0.6 is 0 Å². The van der Waals surface area contributed by atoms with Crippen molar-refractivity contribution in [2.24, 2.45) is 0 Å². The van der Waals surface area contributed by atoms with Crippen LogP contribution in [0.1, 0.15) is 55.5 Å². The maximum atomic E-state index is 12.9. The Labute approximate surface area is 207 Å². The molecule has 1 fully saturated rings. The number of hydrogen-bond donors (Lipinski definition) is 0. The minimum Gasteiger partial charge on any atom is -0.494 e. The van der Waals surface area contributed by atoms with Crippen LogP contribution in [-0.4, -0.2) is 28.6 Å². The third-order valence-electron chi connectivity index (χ3n) is 6.86. The van der Waals surface area contributed by atoms with Gasteiger partial charge in [-0.05, 0) is 61.2 Å². The molecule has 1 saturated heterocycles. The number of carbonyl (C=O) groups is 1. The number of nitrogens with zero attached hydrogens (tertiary/aromatic N) is 3. The Morgan fingerprint density at radius 2 is 1.74 bits per heavy atom. The molecule has 180 valence electrons. The van der Waals surface area contributed by atoms with Crippen molar-refractivity contribution in [1.82, 2.24) is 9.55 Å². The monoisotopic (exact) mass is 467 g/mol. The Hall–Kier alpha value is -3.60. The fraction of sp³-hybridized carbons (Fsp3) is 0.333. The highest BCUT2D eigenvalue weighted by molar-refractivity contribution is 5.96. The Morgan fingerprint density at radius 3 is 2.49 bits per heavy atom. The summed E-state index contributed by atoms with van der Waals surface area (Å²) in [6.07, 6.45) is 1.34. The Morgan fingerprint density at radius 1 is 1.00 bits per heavy atom. The fourth-order valence-electron chi connectivity index (χ4n) is 4.86. The summed E-state index contributed by atoms with van der Waals surface area (Å²) in [7, 11) is 0. The molecule has 1 aromatic heterocycles. The molecule has 0 saturated carbocycles. The van der Waals surface area contributed by atoms with Gasteiger partial charge in [0.05, 0.1) is 17.6 Å². The average Bonchev–Trinajstić information content (AvgIpc) is 3.43. The van der Waals surface area contributed by atoms with Crippen molar-refractivity contribution in [2.45, 2.75) is 52.0 Å². The number of benzene rings is 3. The van der Waals surface area contributed by atoms with Gasteiger partial charge in [-0.3, -0.25) is 4.79 Å². The minimum absolute atomic E-state index is 0.0701. The molecular weight excluding hydrogens is 434 g/mol. The average molecular weight is 468 g/mol. The van der Waals surface area contributed by atoms with E-state index < -0.39 is 0 Å². The molecule has 35 heavy (non-hydrogen) atoms. The first kappa shape index (κ1) is 23.2. The van der Waals surface area contributed by atoms with Gasteiger partial charge in [0.15, 0.2) is 0 Å². The Bertz CT molecular complexity index is 1310. The van der Waals surface area contributed by atoms with E-state index in [0.29, 0.717) is 25.5 Å². The van der Waals surface area contributed by atoms with Gasteiger partial charge >= 0.3 is 0 Å². The summed E-state index contributed by atoms with van der Waals surface area (Å²) in [4.78, 5) is 19.8. The van der Waals surface area contributed by atoms with E-state index in [1.54, 1.807) is 0 Å². The van der Waals surface area contributed by atoms with Crippen LogP contribution < -0.4 is 9.64 Å². The first-order chi connectivity index (χ1) is 17.0. The summed E-state index contributed by atoms with van der Waals surface area (Å²) >= 11 is 0. The fourth-order valence-corrected chi connectivity index (χ4v) is 4.86. The van der Waals surface area contributed by atoms with Gasteiger partial charge in [-0.25, -0.2) is 4.98 Å². The number of hydrogen-bond acceptors (Lipinski definition) is 3. The molecule has 5 heteroatoms. The molecule has 1 unspecified atom stereocenters. The lowest BCUT2D eigenvalue weighted by Crippen LogP contribution is -2.24. The summed E-state index contributed by atoms with van der Waals surface area (Å²) in [5, 5.41) is 0. The van der Waals surface area contributed by atoms with Crippen molar-refractivity contribution in [2.75, 3.05) is 18.1 Å². The van der Waals surface area contributed by atoms with E-state index in [-0.39, 0.29) is 11.8 Å². The summed E-state index contributed by atoms with van der Waals surface area (Å²) in [5.41, 5.74) is 5.57. The van der Waals surface area contributed by atoms with Gasteiger partial charge in [-0.15, -0.1) is 0 Å². The van der Waals surface area contributed by atoms with Crippen molar-refractivity contribution in [3.63, 3.8) is 0 Å². The number of carbonyl (C=O) groups excluding carboxylic acids is 1. The van der Waals surface area contributed by atoms with Crippen molar-refractivity contribution < 1.29 is 9.53 Å². The van der Waals surface area contributed by atoms with Crippen LogP contribution in [0.5, 0.6) is 5.75 Å². The molecule has 2 heterocycles. The molecule has 0 aliphatic carbocycles. The second-order valence-corrected chi connectivity index (χ2v) is 9.78. The van der Waals surface area contributed by atoms with E-state index in [1.807, 2.05) is 23.1 Å². The van der Waals surface area contributed by atoms with Gasteiger partial charge in [0.1, 0.15) is 11.6 Å². The van der Waals surface area contributed by atoms with E-state index in [4.69, 9.17) is 9.72 Å². The van der Waals surface area contributed by atoms with Crippen molar-refractivity contribution in [1.29, 1.82) is 0 Å². The number of aromatic nitrogens is 2. The molecule has 5 nitrogen and oxygen atoms in total. The SMILES string of the molecule is Cc1ccc(N2CC(c3nc4ccccc4n3CCCOc3ccc(C(C)C)cc3)CC2=O)cc1. The van der Waals surface area contributed by atoms with E-state index >= 15 is 0 Å². The highest BCUT2D eigenvalue weighted by Crippen LogP contribution is 2.33. The lowest BCUT2D eigenvalue weighted by atomic mass is 10.0. The van der Waals surface area contributed by atoms with E-state index in [0.717, 1.165) is 41.3 Å². The maximum Gasteiger partial charge on any atom is 0.227 e. The molecule has 0 radical (unpaired) electrons. The van der Waals surface area contributed by atoms with Gasteiger partial charge in [0.2, 0.25) is 5.91 Å². The number of rotatable bonds is 8. The molecule has 5 rings (SSSR count). The van der Waals surface area contributed by atoms with Gasteiger partial charge in [-0.1, -0.05) is 55.8 Å². The van der Waals surface area contributed by atoms with Crippen LogP contribution in [0.15, 0.2) is 72.8 Å². The molecular formula is C30H33N3O2. The number of anilines is 1. The number of fused-ring (bicyclic) bond motifs is 1. The zero-order valence-electron chi connectivity index (χ0n) is 20.8. The van der Waals surface area contributed by atoms with E-state index in [2.05, 4.69) is 79.9 Å². The molecule has 0 spiro atoms. The predicted octanol–water partition coefficient (Wildman–Crippen LogP) is 6.46. The van der Waals surface area contributed by atoms with Crippen molar-refractivity contribution in [3.05, 3.63) is 89.7 Å². The zero-order chi connectivity index (χ0) is 24.4. The highest BCUT2D eigenvalue weighted by Gasteiger charge is 2.34. The molecule has 0 bridgehead atoms. The van der Waals surface area contributed by atoms with E-state index in [1.165, 1.54) is 11.1 Å². The van der Waals surface area contributed by atoms with Gasteiger partial charge in [-0.2, -0.15) is 0 Å². The number of imidazole rings is 1. The number of para-hydroxylation sites is 2. The first-order valence-corrected chi connectivity index (χ1v) is 12.5. The third kappa shape index (κ3) is 4.95. The van der Waals surface area contributed by atoms with Gasteiger partial charge in [0.25, 0.3) is 0 Å². The topological polar surface area (TPSA) is 47.4 Å². The normalized spacial score (nSPS) is 15.9. The Kier molecular flexibility index (Phi) is 6.58. The smallest absolute Gasteiger partial charge is 0.227 e. The Balaban J connectivity index is 1.30. The lowest BCUT2D eigenvalue weighted by Gasteiger charge is -2.18. The quantitative estimate of drug-likeness (QED) is 0.280. The number of ether oxygens (including phenoxy) is 1. The largest absolute Gasteiger partial charge is 0.494 e. The molecule has 0 N–H and O–H groups in total. The van der Waals surface area contributed by atoms with Crippen molar-refractivity contribution in [3.8, 4) is 5.75 Å². The van der Waals surface area contributed by atoms with Gasteiger partial charge in [0, 0.05) is 31.1 Å². The molecule has 1 aliphatic rings. The summed E-state index contributed by atoms with van der Waals surface area (Å²) in [6.45, 7) is 8.54. The second kappa shape index (κ2) is 9.95. The van der Waals surface area contributed by atoms with Crippen LogP contribution in [0.25, 0.3) is 11.0 Å². The molecule has 3 aromatic carbocycles. The third-order valence-corrected chi connectivity index (χ3v) is 6.86. The summed E-state index contributed by atoms with van der Waals surface area (Å²) < 4.78 is 8.31. The standard InChI is InChI=1S/C30H33N3O2/c1-21(2)23-11-15-26(16-12-23)35-18-6-17-32-28-8-5-4-7-27(28)31-30(32)24-19-29(34)33(20-24)25-13-9-22(3)10-14-25/h4-5,7-16,21,24H,6,17-20H2,1-3H3. The molecule has 1 atom stereocenters. The predicted molar refractivity (Wildman–Crippen MR) is 141 cm³/mol. The zero-order valence-corrected chi connectivity index (χ0v) is 20.8. The number of aryl methyl sites for hydroxylation is 2. The second-order valence-electron chi connectivity index (χ2n) is 9.78. The van der Waals surface area contributed by atoms with Crippen LogP contribution in [0.2, 0.25) is 0 Å². The summed E-state index contributed by atoms with van der Waals surface area (Å²) in [6, 6.07) is 24.8. The van der Waals surface area contributed by atoms with Crippen LogP contribution in [-0.2, 0) is 11.3 Å². The molecule has 1 aliphatic heterocycles. The highest BCUT2D eigenvalue weighted by atomic mass is 16.5. The first-order valence-electron chi connectivity index (χ1n) is 12.5. The summed E-state index contributed by atoms with van der Waals surface area (Å²) in [5.74, 6) is 2.64. The van der Waals surface area contributed by atoms with Gasteiger partial charge < -0.3 is 14.2 Å². The van der Waals surface area contributed by atoms with E-state index in [9.17, 15) is 4.79 Å². The number of amides is 1. The lowest BCUT2D eigenvalue weighted by molar-refractivity contribution is -0.117. The maximum absolute atomic E-state index is 12.9. The molecule has 4 aromatic rings. The van der Waals surface area contributed by atoms with Crippen LogP contribution in [0.3, 0.4) is 0 Å². The van der Waals surface area contributed by atoms with Crippen LogP contribution in [0, 0.1) is 6.92 Å².